The summed E-state index contributed by atoms with van der Waals surface area (Å²) in [4.78, 5) is 12.3. The first-order chi connectivity index (χ1) is 9.20. The first-order valence-corrected chi connectivity index (χ1v) is 7.64. The molecule has 0 aliphatic rings. The predicted molar refractivity (Wildman–Crippen MR) is 77.4 cm³/mol. The van der Waals surface area contributed by atoms with Gasteiger partial charge in [0, 0.05) is 0 Å². The molecule has 0 bridgehead atoms. The lowest BCUT2D eigenvalue weighted by Gasteiger charge is -2.02. The van der Waals surface area contributed by atoms with Crippen molar-refractivity contribution in [1.82, 2.24) is 9.59 Å². The van der Waals surface area contributed by atoms with Crippen LogP contribution in [0.3, 0.4) is 0 Å². The number of aryl methyl sites for hydroxylation is 1. The number of rotatable bonds is 5. The van der Waals surface area contributed by atoms with Gasteiger partial charge in [0.2, 0.25) is 0 Å². The number of thioether (sulfide) groups is 1. The van der Waals surface area contributed by atoms with Crippen LogP contribution < -0.4 is 0 Å². The van der Waals surface area contributed by atoms with Crippen LogP contribution >= 0.6 is 23.3 Å². The van der Waals surface area contributed by atoms with Gasteiger partial charge in [-0.1, -0.05) is 46.1 Å². The SMILES string of the molecule is CCOC(=O)CSc1nnsc1-c1ccc(C)cc1. The normalized spacial score (nSPS) is 10.4. The van der Waals surface area contributed by atoms with Crippen molar-refractivity contribution in [1.29, 1.82) is 0 Å². The summed E-state index contributed by atoms with van der Waals surface area (Å²) in [5, 5.41) is 4.85. The number of esters is 1. The Bertz CT molecular complexity index is 552. The summed E-state index contributed by atoms with van der Waals surface area (Å²) in [6, 6.07) is 8.18. The molecule has 0 spiro atoms. The van der Waals surface area contributed by atoms with E-state index in [0.29, 0.717) is 6.61 Å². The van der Waals surface area contributed by atoms with E-state index in [2.05, 4.69) is 21.7 Å². The molecule has 0 saturated carbocycles. The number of hydrogen-bond acceptors (Lipinski definition) is 6. The molecular weight excluding hydrogens is 280 g/mol. The van der Waals surface area contributed by atoms with Gasteiger partial charge in [-0.25, -0.2) is 0 Å². The summed E-state index contributed by atoms with van der Waals surface area (Å²) in [5.41, 5.74) is 2.29. The van der Waals surface area contributed by atoms with Crippen molar-refractivity contribution in [2.24, 2.45) is 0 Å². The van der Waals surface area contributed by atoms with Crippen LogP contribution in [0.15, 0.2) is 29.3 Å². The van der Waals surface area contributed by atoms with Gasteiger partial charge in [0.15, 0.2) is 0 Å². The second-order valence-corrected chi connectivity index (χ2v) is 5.59. The standard InChI is InChI=1S/C13H14N2O2S2/c1-3-17-11(16)8-18-13-12(19-15-14-13)10-6-4-9(2)5-7-10/h4-7H,3,8H2,1-2H3. The van der Waals surface area contributed by atoms with E-state index in [1.54, 1.807) is 6.92 Å². The highest BCUT2D eigenvalue weighted by molar-refractivity contribution is 8.00. The monoisotopic (exact) mass is 294 g/mol. The van der Waals surface area contributed by atoms with Crippen molar-refractivity contribution in [3.05, 3.63) is 29.8 Å². The van der Waals surface area contributed by atoms with Crippen LogP contribution in [0.5, 0.6) is 0 Å². The molecule has 1 aromatic heterocycles. The van der Waals surface area contributed by atoms with Crippen LogP contribution in [0.4, 0.5) is 0 Å². The van der Waals surface area contributed by atoms with E-state index in [0.717, 1.165) is 15.5 Å². The molecule has 0 N–H and O–H groups in total. The number of aromatic nitrogens is 2. The Kier molecular flexibility index (Phi) is 4.93. The number of benzene rings is 1. The number of hydrogen-bond donors (Lipinski definition) is 0. The molecule has 0 amide bonds. The van der Waals surface area contributed by atoms with Gasteiger partial charge in [-0.2, -0.15) is 0 Å². The minimum absolute atomic E-state index is 0.227. The van der Waals surface area contributed by atoms with Gasteiger partial charge < -0.3 is 4.74 Å². The molecule has 1 heterocycles. The molecule has 100 valence electrons. The summed E-state index contributed by atoms with van der Waals surface area (Å²) < 4.78 is 8.86. The minimum atomic E-state index is -0.227. The van der Waals surface area contributed by atoms with E-state index in [9.17, 15) is 4.79 Å². The molecule has 6 heteroatoms. The molecule has 4 nitrogen and oxygen atoms in total. The highest BCUT2D eigenvalue weighted by atomic mass is 32.2. The minimum Gasteiger partial charge on any atom is -0.465 e. The Labute approximate surface area is 120 Å². The van der Waals surface area contributed by atoms with Crippen molar-refractivity contribution in [3.63, 3.8) is 0 Å². The third-order valence-electron chi connectivity index (χ3n) is 2.40. The van der Waals surface area contributed by atoms with Gasteiger partial charge in [-0.05, 0) is 30.9 Å². The smallest absolute Gasteiger partial charge is 0.316 e. The van der Waals surface area contributed by atoms with Crippen molar-refractivity contribution >= 4 is 29.3 Å². The molecular formula is C13H14N2O2S2. The van der Waals surface area contributed by atoms with E-state index in [-0.39, 0.29) is 11.7 Å². The molecule has 1 aromatic carbocycles. The third-order valence-corrected chi connectivity index (χ3v) is 4.25. The Balaban J connectivity index is 2.09. The Morgan fingerprint density at radius 3 is 2.79 bits per heavy atom. The van der Waals surface area contributed by atoms with Gasteiger partial charge in [0.25, 0.3) is 0 Å². The zero-order valence-electron chi connectivity index (χ0n) is 10.8. The van der Waals surface area contributed by atoms with Crippen LogP contribution in [0.1, 0.15) is 12.5 Å². The largest absolute Gasteiger partial charge is 0.465 e. The Hall–Kier alpha value is -1.40. The fourth-order valence-corrected chi connectivity index (χ4v) is 3.08. The van der Waals surface area contributed by atoms with E-state index >= 15 is 0 Å². The predicted octanol–water partition coefficient (Wildman–Crippen LogP) is 3.17. The topological polar surface area (TPSA) is 52.1 Å². The molecule has 0 fully saturated rings. The lowest BCUT2D eigenvalue weighted by molar-refractivity contribution is -0.139. The molecule has 0 aliphatic heterocycles. The molecule has 2 aromatic rings. The van der Waals surface area contributed by atoms with Crippen molar-refractivity contribution in [3.8, 4) is 10.4 Å². The van der Waals surface area contributed by atoms with E-state index < -0.39 is 0 Å². The Morgan fingerprint density at radius 2 is 2.11 bits per heavy atom. The average molecular weight is 294 g/mol. The maximum absolute atomic E-state index is 11.3. The highest BCUT2D eigenvalue weighted by Crippen LogP contribution is 2.32. The first kappa shape index (κ1) is 14.0. The maximum atomic E-state index is 11.3. The molecule has 0 atom stereocenters. The summed E-state index contributed by atoms with van der Waals surface area (Å²) in [6.07, 6.45) is 0. The summed E-state index contributed by atoms with van der Waals surface area (Å²) in [7, 11) is 0. The fraction of sp³-hybridized carbons (Fsp3) is 0.308. The van der Waals surface area contributed by atoms with Crippen molar-refractivity contribution in [2.75, 3.05) is 12.4 Å². The molecule has 0 aliphatic carbocycles. The fourth-order valence-electron chi connectivity index (χ4n) is 1.49. The van der Waals surface area contributed by atoms with Crippen molar-refractivity contribution < 1.29 is 9.53 Å². The number of carbonyl (C=O) groups excluding carboxylic acids is 1. The lowest BCUT2D eigenvalue weighted by atomic mass is 10.1. The first-order valence-electron chi connectivity index (χ1n) is 5.88. The van der Waals surface area contributed by atoms with E-state index in [1.807, 2.05) is 19.1 Å². The van der Waals surface area contributed by atoms with Gasteiger partial charge >= 0.3 is 5.97 Å². The van der Waals surface area contributed by atoms with Gasteiger partial charge in [0.1, 0.15) is 5.03 Å². The second-order valence-electron chi connectivity index (χ2n) is 3.87. The maximum Gasteiger partial charge on any atom is 0.316 e. The number of nitrogens with zero attached hydrogens (tertiary/aromatic N) is 2. The molecule has 0 saturated heterocycles. The summed E-state index contributed by atoms with van der Waals surface area (Å²) in [5.74, 6) is 0.0355. The van der Waals surface area contributed by atoms with Crippen molar-refractivity contribution in [2.45, 2.75) is 18.9 Å². The third kappa shape index (κ3) is 3.78. The van der Waals surface area contributed by atoms with Gasteiger partial charge in [-0.3, -0.25) is 4.79 Å². The van der Waals surface area contributed by atoms with E-state index in [1.165, 1.54) is 28.9 Å². The van der Waals surface area contributed by atoms with Crippen LogP contribution in [0, 0.1) is 6.92 Å². The van der Waals surface area contributed by atoms with Crippen LogP contribution in [0.2, 0.25) is 0 Å². The van der Waals surface area contributed by atoms with Crippen LogP contribution in [-0.4, -0.2) is 27.9 Å². The second kappa shape index (κ2) is 6.68. The van der Waals surface area contributed by atoms with Gasteiger partial charge in [-0.15, -0.1) is 5.10 Å². The Morgan fingerprint density at radius 1 is 1.37 bits per heavy atom. The quantitative estimate of drug-likeness (QED) is 0.626. The summed E-state index contributed by atoms with van der Waals surface area (Å²) >= 11 is 2.70. The van der Waals surface area contributed by atoms with Crippen LogP contribution in [-0.2, 0) is 9.53 Å². The average Bonchev–Trinajstić information content (AvgIpc) is 2.86. The zero-order valence-corrected chi connectivity index (χ0v) is 12.4. The molecule has 0 radical (unpaired) electrons. The number of carbonyl (C=O) groups is 1. The molecule has 0 unspecified atom stereocenters. The van der Waals surface area contributed by atoms with Gasteiger partial charge in [0.05, 0.1) is 17.2 Å². The highest BCUT2D eigenvalue weighted by Gasteiger charge is 2.13. The molecule has 19 heavy (non-hydrogen) atoms. The zero-order chi connectivity index (χ0) is 13.7. The van der Waals surface area contributed by atoms with Crippen LogP contribution in [0.25, 0.3) is 10.4 Å². The number of ether oxygens (including phenoxy) is 1. The van der Waals surface area contributed by atoms with E-state index in [4.69, 9.17) is 4.74 Å². The molecule has 2 rings (SSSR count). The lowest BCUT2D eigenvalue weighted by Crippen LogP contribution is -2.06. The summed E-state index contributed by atoms with van der Waals surface area (Å²) in [6.45, 7) is 4.25.